The molecule has 8 heteroatoms. The predicted molar refractivity (Wildman–Crippen MR) is 195 cm³/mol. The maximum absolute atomic E-state index is 14.0. The highest BCUT2D eigenvalue weighted by atomic mass is 32.2. The first kappa shape index (κ1) is 37.4. The van der Waals surface area contributed by atoms with Gasteiger partial charge in [0.15, 0.2) is 5.78 Å². The average Bonchev–Trinajstić information content (AvgIpc) is 3.32. The number of nitrogens with zero attached hydrogens (tertiary/aromatic N) is 1. The smallest absolute Gasteiger partial charge is 0.309 e. The lowest BCUT2D eigenvalue weighted by molar-refractivity contribution is -0.235. The Morgan fingerprint density at radius 2 is 1.61 bits per heavy atom. The molecule has 0 radical (unpaired) electrons. The number of carbonyl (C=O) groups is 3. The van der Waals surface area contributed by atoms with E-state index in [2.05, 4.69) is 53.4 Å². The molecule has 0 aromatic carbocycles. The number of ketones is 1. The largest absolute Gasteiger partial charge is 0.481 e. The molecule has 5 aliphatic carbocycles. The van der Waals surface area contributed by atoms with Crippen molar-refractivity contribution in [3.63, 3.8) is 0 Å². The van der Waals surface area contributed by atoms with E-state index >= 15 is 0 Å². The van der Waals surface area contributed by atoms with Crippen molar-refractivity contribution >= 4 is 29.5 Å². The molecule has 1 heterocycles. The maximum Gasteiger partial charge on any atom is 0.309 e. The molecule has 1 aliphatic heterocycles. The highest BCUT2D eigenvalue weighted by molar-refractivity contribution is 7.99. The van der Waals surface area contributed by atoms with Crippen LogP contribution in [-0.2, 0) is 19.1 Å². The van der Waals surface area contributed by atoms with Gasteiger partial charge in [0, 0.05) is 48.4 Å². The van der Waals surface area contributed by atoms with Gasteiger partial charge in [-0.3, -0.25) is 19.3 Å². The van der Waals surface area contributed by atoms with E-state index in [1.807, 2.05) is 11.8 Å². The number of carboxylic acids is 1. The molecule has 4 saturated carbocycles. The Bertz CT molecular complexity index is 1380. The molecule has 0 aromatic rings. The molecule has 0 aromatic heterocycles. The van der Waals surface area contributed by atoms with Crippen LogP contribution in [0.1, 0.15) is 127 Å². The van der Waals surface area contributed by atoms with Crippen molar-refractivity contribution in [2.45, 2.75) is 139 Å². The number of aliphatic carboxylic acids is 1. The van der Waals surface area contributed by atoms with Crippen molar-refractivity contribution in [1.82, 2.24) is 4.90 Å². The number of esters is 1. The number of hydrogen-bond acceptors (Lipinski definition) is 7. The van der Waals surface area contributed by atoms with Gasteiger partial charge in [-0.1, -0.05) is 54.0 Å². The van der Waals surface area contributed by atoms with E-state index in [4.69, 9.17) is 4.74 Å². The number of hydrogen-bond donors (Lipinski definition) is 2. The van der Waals surface area contributed by atoms with Gasteiger partial charge in [0.25, 0.3) is 0 Å². The second kappa shape index (κ2) is 12.6. The van der Waals surface area contributed by atoms with Crippen LogP contribution in [0.5, 0.6) is 0 Å². The molecule has 0 spiro atoms. The van der Waals surface area contributed by atoms with Crippen LogP contribution in [0, 0.1) is 56.2 Å². The molecule has 2 N–H and O–H groups in total. The van der Waals surface area contributed by atoms with E-state index in [1.165, 1.54) is 5.57 Å². The Labute approximate surface area is 300 Å². The zero-order valence-electron chi connectivity index (χ0n) is 32.0. The summed E-state index contributed by atoms with van der Waals surface area (Å²) in [7, 11) is 0. The number of carboxylic acid groups (broad SMARTS) is 1. The summed E-state index contributed by atoms with van der Waals surface area (Å²) in [6.45, 7) is 22.5. The average molecular weight is 700 g/mol. The van der Waals surface area contributed by atoms with Crippen LogP contribution >= 0.6 is 11.8 Å². The second-order valence-electron chi connectivity index (χ2n) is 19.5. The van der Waals surface area contributed by atoms with Crippen molar-refractivity contribution in [2.24, 2.45) is 56.2 Å². The van der Waals surface area contributed by atoms with Crippen LogP contribution in [-0.4, -0.2) is 76.2 Å². The molecule has 7 nitrogen and oxygen atoms in total. The third kappa shape index (κ3) is 5.70. The first-order valence-electron chi connectivity index (χ1n) is 19.4. The molecular weight excluding hydrogens is 635 g/mol. The first-order chi connectivity index (χ1) is 22.7. The summed E-state index contributed by atoms with van der Waals surface area (Å²) in [5, 5.41) is 21.8. The van der Waals surface area contributed by atoms with Gasteiger partial charge in [-0.2, -0.15) is 11.8 Å². The predicted octanol–water partition coefficient (Wildman–Crippen LogP) is 7.79. The number of aliphatic hydroxyl groups excluding tert-OH is 1. The van der Waals surface area contributed by atoms with Crippen LogP contribution in [0.15, 0.2) is 11.1 Å². The van der Waals surface area contributed by atoms with Gasteiger partial charge in [0.1, 0.15) is 6.10 Å². The van der Waals surface area contributed by atoms with Crippen LogP contribution in [0.25, 0.3) is 0 Å². The molecule has 9 atom stereocenters. The van der Waals surface area contributed by atoms with E-state index < -0.39 is 28.9 Å². The van der Waals surface area contributed by atoms with Gasteiger partial charge in [0.05, 0.1) is 17.9 Å². The fourth-order valence-electron chi connectivity index (χ4n) is 13.1. The van der Waals surface area contributed by atoms with Crippen molar-refractivity contribution in [3.8, 4) is 0 Å². The minimum atomic E-state index is -1.15. The quantitative estimate of drug-likeness (QED) is 0.248. The standard InChI is InChI=1S/C41H65NO6S/c1-25(2)33-27(43)22-41(30(44)24-42-18-20-49-21-19-42)17-16-39(8)26(34(33)41)10-11-29-38(7)14-13-31(48-32(45)23-36(3,4)35(46)47)37(5,6)28(38)12-15-40(29,39)9/h25-26,28-31,44H,10-24H2,1-9H3,(H,46,47)/t26-,28?,29?,30-,31+,38+,39-,40-,41+/m1/s1. The fraction of sp³-hybridized carbons (Fsp3) is 0.878. The van der Waals surface area contributed by atoms with E-state index in [0.29, 0.717) is 30.7 Å². The normalized spacial score (nSPS) is 41.4. The summed E-state index contributed by atoms with van der Waals surface area (Å²) in [6.07, 6.45) is 7.71. The lowest BCUT2D eigenvalue weighted by atomic mass is 9.33. The fourth-order valence-corrected chi connectivity index (χ4v) is 14.1. The summed E-state index contributed by atoms with van der Waals surface area (Å²) < 4.78 is 6.16. The lowest BCUT2D eigenvalue weighted by Crippen LogP contribution is -2.66. The molecule has 5 fully saturated rings. The zero-order chi connectivity index (χ0) is 35.9. The SMILES string of the molecule is CC(C)C1=C2[C@H]3CCC4[C@@]5(C)CC[C@H](OC(=O)CC(C)(C)C(=O)O)C(C)(C)C5CC[C@@]4(C)[C@]3(C)CC[C@@]2([C@H](O)CN2CCSCC2)CC1=O. The minimum absolute atomic E-state index is 0.0326. The minimum Gasteiger partial charge on any atom is -0.481 e. The maximum atomic E-state index is 14.0. The topological polar surface area (TPSA) is 104 Å². The highest BCUT2D eigenvalue weighted by Crippen LogP contribution is 2.77. The van der Waals surface area contributed by atoms with Crippen molar-refractivity contribution in [1.29, 1.82) is 0 Å². The third-order valence-electron chi connectivity index (χ3n) is 16.0. The summed E-state index contributed by atoms with van der Waals surface area (Å²) >= 11 is 1.99. The Balaban J connectivity index is 1.29. The van der Waals surface area contributed by atoms with Gasteiger partial charge in [-0.15, -0.1) is 0 Å². The Morgan fingerprint density at radius 1 is 0.939 bits per heavy atom. The number of Topliss-reactive ketones (excluding diaryl/α,β-unsaturated/α-hetero) is 1. The summed E-state index contributed by atoms with van der Waals surface area (Å²) in [6, 6.07) is 0. The molecule has 0 amide bonds. The second-order valence-corrected chi connectivity index (χ2v) is 20.7. The number of allylic oxidation sites excluding steroid dienone is 1. The van der Waals surface area contributed by atoms with Crippen LogP contribution in [0.4, 0.5) is 0 Å². The van der Waals surface area contributed by atoms with E-state index in [1.54, 1.807) is 13.8 Å². The number of rotatable bonds is 8. The van der Waals surface area contributed by atoms with E-state index in [9.17, 15) is 24.6 Å². The monoisotopic (exact) mass is 699 g/mol. The lowest BCUT2D eigenvalue weighted by Gasteiger charge is -2.72. The summed E-state index contributed by atoms with van der Waals surface area (Å²) in [5.74, 6) is 2.49. The van der Waals surface area contributed by atoms with Gasteiger partial charge in [-0.05, 0) is 111 Å². The van der Waals surface area contributed by atoms with Gasteiger partial charge >= 0.3 is 11.9 Å². The van der Waals surface area contributed by atoms with Crippen LogP contribution in [0.2, 0.25) is 0 Å². The van der Waals surface area contributed by atoms with Gasteiger partial charge in [0.2, 0.25) is 0 Å². The number of thioether (sulfide) groups is 1. The first-order valence-corrected chi connectivity index (χ1v) is 20.6. The molecule has 49 heavy (non-hydrogen) atoms. The molecule has 6 rings (SSSR count). The molecular formula is C41H65NO6S. The van der Waals surface area contributed by atoms with E-state index in [0.717, 1.165) is 81.5 Å². The Hall–Kier alpha value is -1.38. The third-order valence-corrected chi connectivity index (χ3v) is 17.0. The molecule has 1 saturated heterocycles. The summed E-state index contributed by atoms with van der Waals surface area (Å²) in [5.41, 5.74) is 0.801. The molecule has 0 bridgehead atoms. The number of aliphatic hydroxyl groups is 1. The van der Waals surface area contributed by atoms with Crippen molar-refractivity contribution in [2.75, 3.05) is 31.1 Å². The molecule has 2 unspecified atom stereocenters. The van der Waals surface area contributed by atoms with E-state index in [-0.39, 0.29) is 45.9 Å². The van der Waals surface area contributed by atoms with Crippen LogP contribution in [0.3, 0.4) is 0 Å². The summed E-state index contributed by atoms with van der Waals surface area (Å²) in [4.78, 5) is 41.2. The van der Waals surface area contributed by atoms with Gasteiger partial charge < -0.3 is 14.9 Å². The van der Waals surface area contributed by atoms with Crippen molar-refractivity contribution in [3.05, 3.63) is 11.1 Å². The molecule has 6 aliphatic rings. The van der Waals surface area contributed by atoms with Gasteiger partial charge in [-0.25, -0.2) is 0 Å². The van der Waals surface area contributed by atoms with Crippen molar-refractivity contribution < 1.29 is 29.3 Å². The molecule has 276 valence electrons. The zero-order valence-corrected chi connectivity index (χ0v) is 32.8. The number of fused-ring (bicyclic) bond motifs is 7. The number of carbonyl (C=O) groups excluding carboxylic acids is 2. The van der Waals surface area contributed by atoms with Crippen LogP contribution < -0.4 is 0 Å². The highest BCUT2D eigenvalue weighted by Gasteiger charge is 2.70. The number of ether oxygens (including phenoxy) is 1. The number of β-amino-alcohol motifs (C(OH)–C–C–N with tert-alkyl or cyclic N) is 1. The Kier molecular flexibility index (Phi) is 9.64. The Morgan fingerprint density at radius 3 is 2.24 bits per heavy atom.